The molecule has 0 saturated carbocycles. The Morgan fingerprint density at radius 2 is 1.50 bits per heavy atom. The van der Waals surface area contributed by atoms with Crippen LogP contribution in [0.3, 0.4) is 0 Å². The van der Waals surface area contributed by atoms with E-state index in [-0.39, 0.29) is 18.2 Å². The van der Waals surface area contributed by atoms with Gasteiger partial charge in [-0.1, -0.05) is 0 Å². The maximum atomic E-state index is 12.0. The maximum absolute atomic E-state index is 12.0. The van der Waals surface area contributed by atoms with Crippen molar-refractivity contribution in [1.29, 1.82) is 0 Å². The van der Waals surface area contributed by atoms with Crippen LogP contribution in [0.2, 0.25) is 0 Å². The van der Waals surface area contributed by atoms with E-state index in [1.54, 1.807) is 4.90 Å². The number of nitrogens with zero attached hydrogens (tertiary/aromatic N) is 2. The third kappa shape index (κ3) is 3.59. The second-order valence-electron chi connectivity index (χ2n) is 6.05. The van der Waals surface area contributed by atoms with Gasteiger partial charge in [-0.2, -0.15) is 0 Å². The highest BCUT2D eigenvalue weighted by atomic mass is 16.2. The predicted octanol–water partition coefficient (Wildman–Crippen LogP) is 2.24. The van der Waals surface area contributed by atoms with Crippen molar-refractivity contribution in [3.63, 3.8) is 0 Å². The lowest BCUT2D eigenvalue weighted by atomic mass is 10.2. The van der Waals surface area contributed by atoms with Gasteiger partial charge in [0.05, 0.1) is 0 Å². The molecule has 1 N–H and O–H groups in total. The monoisotopic (exact) mass is 301 g/mol. The fourth-order valence-electron chi connectivity index (χ4n) is 3.15. The van der Waals surface area contributed by atoms with Gasteiger partial charge in [-0.05, 0) is 49.9 Å². The number of benzene rings is 1. The van der Waals surface area contributed by atoms with Gasteiger partial charge in [-0.3, -0.25) is 9.59 Å². The molecule has 2 fully saturated rings. The zero-order valence-electron chi connectivity index (χ0n) is 12.9. The summed E-state index contributed by atoms with van der Waals surface area (Å²) < 4.78 is 0. The van der Waals surface area contributed by atoms with Crippen LogP contribution in [-0.4, -0.2) is 42.9 Å². The predicted molar refractivity (Wildman–Crippen MR) is 86.9 cm³/mol. The number of carbonyl (C=O) groups excluding carboxylic acids is 2. The van der Waals surface area contributed by atoms with Crippen LogP contribution >= 0.6 is 0 Å². The lowest BCUT2D eigenvalue weighted by Gasteiger charge is -2.18. The summed E-state index contributed by atoms with van der Waals surface area (Å²) in [4.78, 5) is 28.0. The Morgan fingerprint density at radius 1 is 0.909 bits per heavy atom. The SMILES string of the molecule is O=C(CC(=O)N1CCCC1)Nc1ccc(N2CCCC2)cc1. The van der Waals surface area contributed by atoms with Gasteiger partial charge in [0, 0.05) is 37.6 Å². The van der Waals surface area contributed by atoms with Crippen molar-refractivity contribution in [3.05, 3.63) is 24.3 Å². The summed E-state index contributed by atoms with van der Waals surface area (Å²) in [5.74, 6) is -0.297. The fourth-order valence-corrected chi connectivity index (χ4v) is 3.15. The molecule has 0 bridgehead atoms. The van der Waals surface area contributed by atoms with E-state index in [1.807, 2.05) is 24.3 Å². The molecule has 5 nitrogen and oxygen atoms in total. The first-order chi connectivity index (χ1) is 10.7. The Labute approximate surface area is 131 Å². The molecular weight excluding hydrogens is 278 g/mol. The van der Waals surface area contributed by atoms with E-state index in [0.29, 0.717) is 0 Å². The third-order valence-corrected chi connectivity index (χ3v) is 4.39. The minimum absolute atomic E-state index is 0.0616. The molecule has 0 unspecified atom stereocenters. The minimum Gasteiger partial charge on any atom is -0.372 e. The number of amides is 2. The minimum atomic E-state index is -0.231. The highest BCUT2D eigenvalue weighted by Crippen LogP contribution is 2.22. The van der Waals surface area contributed by atoms with Gasteiger partial charge in [-0.15, -0.1) is 0 Å². The van der Waals surface area contributed by atoms with Crippen LogP contribution in [-0.2, 0) is 9.59 Å². The van der Waals surface area contributed by atoms with Gasteiger partial charge in [0.1, 0.15) is 6.42 Å². The van der Waals surface area contributed by atoms with Gasteiger partial charge < -0.3 is 15.1 Å². The number of carbonyl (C=O) groups is 2. The Balaban J connectivity index is 1.51. The second kappa shape index (κ2) is 6.81. The Hall–Kier alpha value is -2.04. The van der Waals surface area contributed by atoms with Crippen LogP contribution in [0, 0.1) is 0 Å². The molecule has 5 heteroatoms. The van der Waals surface area contributed by atoms with Crippen LogP contribution in [0.1, 0.15) is 32.1 Å². The lowest BCUT2D eigenvalue weighted by molar-refractivity contribution is -0.133. The molecule has 0 aliphatic carbocycles. The molecular formula is C17H23N3O2. The quantitative estimate of drug-likeness (QED) is 0.868. The van der Waals surface area contributed by atoms with E-state index in [0.717, 1.165) is 44.7 Å². The van der Waals surface area contributed by atoms with Crippen molar-refractivity contribution in [2.75, 3.05) is 36.4 Å². The van der Waals surface area contributed by atoms with Gasteiger partial charge >= 0.3 is 0 Å². The van der Waals surface area contributed by atoms with Crippen molar-refractivity contribution in [2.24, 2.45) is 0 Å². The number of likely N-dealkylation sites (tertiary alicyclic amines) is 1. The normalized spacial score (nSPS) is 17.8. The lowest BCUT2D eigenvalue weighted by Crippen LogP contribution is -2.31. The molecule has 0 atom stereocenters. The summed E-state index contributed by atoms with van der Waals surface area (Å²) in [6, 6.07) is 7.88. The van der Waals surface area contributed by atoms with Gasteiger partial charge in [0.25, 0.3) is 0 Å². The summed E-state index contributed by atoms with van der Waals surface area (Å²) in [7, 11) is 0. The number of anilines is 2. The molecule has 0 aromatic heterocycles. The standard InChI is InChI=1S/C17H23N3O2/c21-16(13-17(22)20-11-3-4-12-20)18-14-5-7-15(8-6-14)19-9-1-2-10-19/h5-8H,1-4,9-13H2,(H,18,21). The van der Waals surface area contributed by atoms with E-state index in [9.17, 15) is 9.59 Å². The average Bonchev–Trinajstić information content (AvgIpc) is 3.21. The van der Waals surface area contributed by atoms with Crippen LogP contribution in [0.5, 0.6) is 0 Å². The Morgan fingerprint density at radius 3 is 2.14 bits per heavy atom. The first-order valence-electron chi connectivity index (χ1n) is 8.15. The van der Waals surface area contributed by atoms with Gasteiger partial charge in [0.15, 0.2) is 0 Å². The van der Waals surface area contributed by atoms with Crippen LogP contribution in [0.4, 0.5) is 11.4 Å². The molecule has 0 radical (unpaired) electrons. The summed E-state index contributed by atoms with van der Waals surface area (Å²) in [5, 5.41) is 2.81. The molecule has 22 heavy (non-hydrogen) atoms. The van der Waals surface area contributed by atoms with Crippen molar-refractivity contribution >= 4 is 23.2 Å². The van der Waals surface area contributed by atoms with E-state index >= 15 is 0 Å². The summed E-state index contributed by atoms with van der Waals surface area (Å²) in [5.41, 5.74) is 1.95. The van der Waals surface area contributed by atoms with Crippen molar-refractivity contribution < 1.29 is 9.59 Å². The van der Waals surface area contributed by atoms with E-state index < -0.39 is 0 Å². The van der Waals surface area contributed by atoms with E-state index in [4.69, 9.17) is 0 Å². The van der Waals surface area contributed by atoms with Crippen molar-refractivity contribution in [1.82, 2.24) is 4.90 Å². The van der Waals surface area contributed by atoms with E-state index in [2.05, 4.69) is 10.2 Å². The molecule has 118 valence electrons. The first kappa shape index (κ1) is 14.9. The van der Waals surface area contributed by atoms with E-state index in [1.165, 1.54) is 18.5 Å². The van der Waals surface area contributed by atoms with Crippen LogP contribution in [0.25, 0.3) is 0 Å². The Kier molecular flexibility index (Phi) is 4.61. The van der Waals surface area contributed by atoms with Crippen molar-refractivity contribution in [3.8, 4) is 0 Å². The molecule has 2 aliphatic heterocycles. The maximum Gasteiger partial charge on any atom is 0.233 e. The number of rotatable bonds is 4. The molecule has 0 spiro atoms. The third-order valence-electron chi connectivity index (χ3n) is 4.39. The largest absolute Gasteiger partial charge is 0.372 e. The highest BCUT2D eigenvalue weighted by Gasteiger charge is 2.20. The molecule has 1 aromatic carbocycles. The molecule has 1 aromatic rings. The first-order valence-corrected chi connectivity index (χ1v) is 8.15. The number of hydrogen-bond acceptors (Lipinski definition) is 3. The Bertz CT molecular complexity index is 529. The molecule has 3 rings (SSSR count). The van der Waals surface area contributed by atoms with Crippen LogP contribution < -0.4 is 10.2 Å². The second-order valence-corrected chi connectivity index (χ2v) is 6.05. The molecule has 2 amide bonds. The number of nitrogens with one attached hydrogen (secondary N) is 1. The summed E-state index contributed by atoms with van der Waals surface area (Å²) >= 11 is 0. The summed E-state index contributed by atoms with van der Waals surface area (Å²) in [6.07, 6.45) is 4.53. The molecule has 2 aliphatic rings. The smallest absolute Gasteiger partial charge is 0.233 e. The fraction of sp³-hybridized carbons (Fsp3) is 0.529. The van der Waals surface area contributed by atoms with Crippen molar-refractivity contribution in [2.45, 2.75) is 32.1 Å². The summed E-state index contributed by atoms with van der Waals surface area (Å²) in [6.45, 7) is 3.79. The zero-order chi connectivity index (χ0) is 15.4. The molecule has 2 heterocycles. The van der Waals surface area contributed by atoms with Gasteiger partial charge in [-0.25, -0.2) is 0 Å². The molecule has 2 saturated heterocycles. The highest BCUT2D eigenvalue weighted by molar-refractivity contribution is 6.03. The van der Waals surface area contributed by atoms with Gasteiger partial charge in [0.2, 0.25) is 11.8 Å². The zero-order valence-corrected chi connectivity index (χ0v) is 12.9. The average molecular weight is 301 g/mol. The topological polar surface area (TPSA) is 52.7 Å². The number of hydrogen-bond donors (Lipinski definition) is 1. The van der Waals surface area contributed by atoms with Crippen LogP contribution in [0.15, 0.2) is 24.3 Å².